The molecule has 2 heterocycles. The van der Waals surface area contributed by atoms with E-state index in [1.807, 2.05) is 29.9 Å². The molecule has 1 fully saturated rings. The fourth-order valence-electron chi connectivity index (χ4n) is 3.36. The predicted octanol–water partition coefficient (Wildman–Crippen LogP) is 4.58. The second-order valence-corrected chi connectivity index (χ2v) is 7.67. The van der Waals surface area contributed by atoms with E-state index in [1.54, 1.807) is 13.1 Å². The van der Waals surface area contributed by atoms with Crippen LogP contribution in [-0.4, -0.2) is 26.7 Å². The number of halogens is 1. The summed E-state index contributed by atoms with van der Waals surface area (Å²) in [7, 11) is 0. The lowest BCUT2D eigenvalue weighted by Gasteiger charge is -2.29. The number of hydrogen-bond acceptors (Lipinski definition) is 4. The summed E-state index contributed by atoms with van der Waals surface area (Å²) in [5.41, 5.74) is 1.61. The molecule has 5 nitrogen and oxygen atoms in total. The Labute approximate surface area is 156 Å². The molecule has 0 aliphatic heterocycles. The second-order valence-electron chi connectivity index (χ2n) is 6.82. The Bertz CT molecular complexity index is 736. The summed E-state index contributed by atoms with van der Waals surface area (Å²) < 4.78 is 8.73. The molecule has 0 amide bonds. The molecule has 0 radical (unpaired) electrons. The van der Waals surface area contributed by atoms with Gasteiger partial charge in [-0.3, -0.25) is 9.48 Å². The fourth-order valence-corrected chi connectivity index (χ4v) is 3.95. The lowest BCUT2D eigenvalue weighted by molar-refractivity contribution is 0.101. The van der Waals surface area contributed by atoms with Gasteiger partial charge in [0.05, 0.1) is 4.47 Å². The third-order valence-corrected chi connectivity index (χ3v) is 5.43. The van der Waals surface area contributed by atoms with Gasteiger partial charge in [-0.05, 0) is 66.9 Å². The van der Waals surface area contributed by atoms with E-state index in [2.05, 4.69) is 26.0 Å². The molecular weight excluding hydrogens is 382 g/mol. The molecule has 6 heteroatoms. The van der Waals surface area contributed by atoms with Gasteiger partial charge in [-0.15, -0.1) is 0 Å². The van der Waals surface area contributed by atoms with E-state index in [9.17, 15) is 4.79 Å². The number of ketones is 1. The van der Waals surface area contributed by atoms with Gasteiger partial charge in [-0.2, -0.15) is 5.10 Å². The lowest BCUT2D eigenvalue weighted by atomic mass is 9.85. The SMILES string of the molecule is CC(=O)c1nn(CCC2CCC(Oc3ncccc3C)CC2)cc1Br. The Morgan fingerprint density at radius 3 is 2.76 bits per heavy atom. The molecule has 0 N–H and O–H groups in total. The smallest absolute Gasteiger partial charge is 0.216 e. The summed E-state index contributed by atoms with van der Waals surface area (Å²) in [5, 5.41) is 4.36. The van der Waals surface area contributed by atoms with E-state index in [4.69, 9.17) is 4.74 Å². The standard InChI is InChI=1S/C19H24BrN3O2/c1-13-4-3-10-21-19(13)25-16-7-5-15(6-8-16)9-11-23-12-17(20)18(22-23)14(2)24/h3-4,10,12,15-16H,5-9,11H2,1-2H3. The predicted molar refractivity (Wildman–Crippen MR) is 99.9 cm³/mol. The maximum absolute atomic E-state index is 11.5. The number of pyridine rings is 1. The van der Waals surface area contributed by atoms with Gasteiger partial charge in [0.25, 0.3) is 0 Å². The van der Waals surface area contributed by atoms with Crippen LogP contribution in [0.3, 0.4) is 0 Å². The monoisotopic (exact) mass is 405 g/mol. The van der Waals surface area contributed by atoms with Crippen LogP contribution in [-0.2, 0) is 6.54 Å². The number of hydrogen-bond donors (Lipinski definition) is 0. The minimum atomic E-state index is -0.00639. The number of aryl methyl sites for hydroxylation is 2. The molecule has 2 aromatic rings. The quantitative estimate of drug-likeness (QED) is 0.659. The van der Waals surface area contributed by atoms with Crippen LogP contribution in [0.1, 0.15) is 55.1 Å². The second kappa shape index (κ2) is 8.13. The van der Waals surface area contributed by atoms with Gasteiger partial charge in [0.2, 0.25) is 5.88 Å². The van der Waals surface area contributed by atoms with Crippen molar-refractivity contribution in [3.05, 3.63) is 40.3 Å². The molecule has 3 rings (SSSR count). The number of nitrogens with zero attached hydrogens (tertiary/aromatic N) is 3. The summed E-state index contributed by atoms with van der Waals surface area (Å²) in [6.07, 6.45) is 9.51. The molecule has 2 aromatic heterocycles. The van der Waals surface area contributed by atoms with Crippen LogP contribution >= 0.6 is 15.9 Å². The van der Waals surface area contributed by atoms with Gasteiger partial charge >= 0.3 is 0 Å². The van der Waals surface area contributed by atoms with Crippen molar-refractivity contribution >= 4 is 21.7 Å². The van der Waals surface area contributed by atoms with Crippen molar-refractivity contribution in [3.8, 4) is 5.88 Å². The highest BCUT2D eigenvalue weighted by Gasteiger charge is 2.23. The topological polar surface area (TPSA) is 57.0 Å². The average Bonchev–Trinajstić information content (AvgIpc) is 2.97. The average molecular weight is 406 g/mol. The first-order chi connectivity index (χ1) is 12.0. The summed E-state index contributed by atoms with van der Waals surface area (Å²) in [6.45, 7) is 4.43. The van der Waals surface area contributed by atoms with Crippen molar-refractivity contribution in [1.82, 2.24) is 14.8 Å². The fraction of sp³-hybridized carbons (Fsp3) is 0.526. The molecule has 0 aromatic carbocycles. The van der Waals surface area contributed by atoms with Gasteiger partial charge in [-0.1, -0.05) is 6.07 Å². The zero-order valence-electron chi connectivity index (χ0n) is 14.7. The molecule has 1 aliphatic rings. The summed E-state index contributed by atoms with van der Waals surface area (Å²) in [6, 6.07) is 3.97. The van der Waals surface area contributed by atoms with E-state index in [0.717, 1.165) is 41.7 Å². The zero-order chi connectivity index (χ0) is 17.8. The van der Waals surface area contributed by atoms with E-state index in [-0.39, 0.29) is 11.9 Å². The normalized spacial score (nSPS) is 20.4. The first-order valence-corrected chi connectivity index (χ1v) is 9.64. The number of carbonyl (C=O) groups excluding carboxylic acids is 1. The highest BCUT2D eigenvalue weighted by atomic mass is 79.9. The Balaban J connectivity index is 1.46. The first kappa shape index (κ1) is 18.1. The summed E-state index contributed by atoms with van der Waals surface area (Å²) >= 11 is 3.40. The summed E-state index contributed by atoms with van der Waals surface area (Å²) in [4.78, 5) is 15.8. The van der Waals surface area contributed by atoms with E-state index in [1.165, 1.54) is 12.8 Å². The number of Topliss-reactive ketones (excluding diaryl/α,β-unsaturated/α-hetero) is 1. The van der Waals surface area contributed by atoms with Crippen molar-refractivity contribution in [2.75, 3.05) is 0 Å². The van der Waals surface area contributed by atoms with Crippen molar-refractivity contribution in [1.29, 1.82) is 0 Å². The van der Waals surface area contributed by atoms with Gasteiger partial charge < -0.3 is 4.74 Å². The van der Waals surface area contributed by atoms with Crippen LogP contribution in [0.5, 0.6) is 5.88 Å². The molecule has 134 valence electrons. The van der Waals surface area contributed by atoms with Crippen LogP contribution in [0.15, 0.2) is 29.0 Å². The van der Waals surface area contributed by atoms with Gasteiger partial charge in [-0.25, -0.2) is 4.98 Å². The molecule has 0 bridgehead atoms. The van der Waals surface area contributed by atoms with Crippen LogP contribution in [0.2, 0.25) is 0 Å². The first-order valence-electron chi connectivity index (χ1n) is 8.85. The lowest BCUT2D eigenvalue weighted by Crippen LogP contribution is -2.25. The Kier molecular flexibility index (Phi) is 5.89. The van der Waals surface area contributed by atoms with E-state index in [0.29, 0.717) is 11.6 Å². The van der Waals surface area contributed by atoms with Crippen LogP contribution in [0.4, 0.5) is 0 Å². The molecule has 0 atom stereocenters. The number of aromatic nitrogens is 3. The Morgan fingerprint density at radius 1 is 1.36 bits per heavy atom. The minimum absolute atomic E-state index is 0.00639. The number of ether oxygens (including phenoxy) is 1. The van der Waals surface area contributed by atoms with Gasteiger partial charge in [0, 0.05) is 31.4 Å². The number of rotatable bonds is 6. The van der Waals surface area contributed by atoms with Crippen LogP contribution in [0.25, 0.3) is 0 Å². The van der Waals surface area contributed by atoms with Gasteiger partial charge in [0.15, 0.2) is 5.78 Å². The maximum Gasteiger partial charge on any atom is 0.216 e. The van der Waals surface area contributed by atoms with Gasteiger partial charge in [0.1, 0.15) is 11.8 Å². The molecular formula is C19H24BrN3O2. The van der Waals surface area contributed by atoms with Crippen molar-refractivity contribution in [2.24, 2.45) is 5.92 Å². The Hall–Kier alpha value is -1.69. The molecule has 0 spiro atoms. The maximum atomic E-state index is 11.5. The van der Waals surface area contributed by atoms with E-state index >= 15 is 0 Å². The minimum Gasteiger partial charge on any atom is -0.474 e. The Morgan fingerprint density at radius 2 is 2.12 bits per heavy atom. The number of carbonyl (C=O) groups is 1. The molecule has 0 saturated heterocycles. The highest BCUT2D eigenvalue weighted by Crippen LogP contribution is 2.30. The van der Waals surface area contributed by atoms with Crippen molar-refractivity contribution in [3.63, 3.8) is 0 Å². The third-order valence-electron chi connectivity index (χ3n) is 4.85. The van der Waals surface area contributed by atoms with Crippen LogP contribution < -0.4 is 4.74 Å². The van der Waals surface area contributed by atoms with Crippen molar-refractivity contribution in [2.45, 2.75) is 58.6 Å². The summed E-state index contributed by atoms with van der Waals surface area (Å²) in [5.74, 6) is 1.45. The highest BCUT2D eigenvalue weighted by molar-refractivity contribution is 9.10. The van der Waals surface area contributed by atoms with Crippen LogP contribution in [0, 0.1) is 12.8 Å². The largest absolute Gasteiger partial charge is 0.474 e. The molecule has 1 saturated carbocycles. The van der Waals surface area contributed by atoms with Crippen molar-refractivity contribution < 1.29 is 9.53 Å². The zero-order valence-corrected chi connectivity index (χ0v) is 16.3. The van der Waals surface area contributed by atoms with E-state index < -0.39 is 0 Å². The third kappa shape index (κ3) is 4.69. The molecule has 0 unspecified atom stereocenters. The molecule has 1 aliphatic carbocycles. The molecule has 25 heavy (non-hydrogen) atoms.